The molecule has 0 bridgehead atoms. The molecular formula is C18H19N3. The van der Waals surface area contributed by atoms with Gasteiger partial charge >= 0.3 is 0 Å². The van der Waals surface area contributed by atoms with E-state index in [0.29, 0.717) is 6.04 Å². The molecule has 0 spiro atoms. The number of aryl methyl sites for hydroxylation is 3. The van der Waals surface area contributed by atoms with Crippen LogP contribution < -0.4 is 5.32 Å². The summed E-state index contributed by atoms with van der Waals surface area (Å²) in [5.74, 6) is 0.963. The Balaban J connectivity index is 1.74. The minimum Gasteiger partial charge on any atom is -0.362 e. The van der Waals surface area contributed by atoms with Gasteiger partial charge in [0.2, 0.25) is 0 Å². The van der Waals surface area contributed by atoms with Crippen molar-refractivity contribution in [3.05, 3.63) is 58.9 Å². The van der Waals surface area contributed by atoms with Crippen molar-refractivity contribution in [3.8, 4) is 0 Å². The molecular weight excluding hydrogens is 258 g/mol. The number of anilines is 1. The summed E-state index contributed by atoms with van der Waals surface area (Å²) in [5.41, 5.74) is 6.52. The molecule has 1 aliphatic rings. The zero-order valence-corrected chi connectivity index (χ0v) is 12.4. The van der Waals surface area contributed by atoms with Gasteiger partial charge in [0.1, 0.15) is 0 Å². The van der Waals surface area contributed by atoms with Gasteiger partial charge in [-0.15, -0.1) is 0 Å². The van der Waals surface area contributed by atoms with Gasteiger partial charge in [-0.25, -0.2) is 4.98 Å². The number of benzene rings is 1. The van der Waals surface area contributed by atoms with E-state index in [4.69, 9.17) is 0 Å². The molecule has 0 saturated heterocycles. The molecule has 4 rings (SSSR count). The van der Waals surface area contributed by atoms with Crippen molar-refractivity contribution in [2.24, 2.45) is 0 Å². The fraction of sp³-hybridized carbons (Fsp3) is 0.278. The number of pyridine rings is 1. The monoisotopic (exact) mass is 277 g/mol. The van der Waals surface area contributed by atoms with Crippen molar-refractivity contribution < 1.29 is 0 Å². The highest BCUT2D eigenvalue weighted by atomic mass is 15.0. The van der Waals surface area contributed by atoms with Crippen LogP contribution in [0.2, 0.25) is 0 Å². The number of aromatic amines is 1. The second kappa shape index (κ2) is 4.62. The molecule has 1 aromatic carbocycles. The molecule has 2 heterocycles. The van der Waals surface area contributed by atoms with Gasteiger partial charge in [-0.3, -0.25) is 0 Å². The van der Waals surface area contributed by atoms with Crippen molar-refractivity contribution >= 4 is 16.7 Å². The maximum absolute atomic E-state index is 4.56. The number of fused-ring (bicyclic) bond motifs is 2. The first-order valence-electron chi connectivity index (χ1n) is 7.52. The first kappa shape index (κ1) is 12.5. The molecule has 3 heteroatoms. The van der Waals surface area contributed by atoms with Crippen LogP contribution in [-0.4, -0.2) is 9.97 Å². The van der Waals surface area contributed by atoms with Gasteiger partial charge in [-0.1, -0.05) is 24.3 Å². The third-order valence-electron chi connectivity index (χ3n) is 4.67. The molecule has 0 aliphatic heterocycles. The SMILES string of the molecule is Cc1[nH]c2c(N[C@@H]3CCc4ccccc43)nccc2c1C. The summed E-state index contributed by atoms with van der Waals surface area (Å²) in [6, 6.07) is 11.2. The average molecular weight is 277 g/mol. The highest BCUT2D eigenvalue weighted by molar-refractivity contribution is 5.92. The summed E-state index contributed by atoms with van der Waals surface area (Å²) in [7, 11) is 0. The molecule has 0 fully saturated rings. The Bertz CT molecular complexity index is 816. The van der Waals surface area contributed by atoms with Gasteiger partial charge in [-0.05, 0) is 49.4 Å². The van der Waals surface area contributed by atoms with Crippen molar-refractivity contribution in [3.63, 3.8) is 0 Å². The van der Waals surface area contributed by atoms with Crippen molar-refractivity contribution in [1.29, 1.82) is 0 Å². The number of H-pyrrole nitrogens is 1. The third-order valence-corrected chi connectivity index (χ3v) is 4.67. The summed E-state index contributed by atoms with van der Waals surface area (Å²) in [5, 5.41) is 4.90. The lowest BCUT2D eigenvalue weighted by atomic mass is 10.1. The van der Waals surface area contributed by atoms with Crippen molar-refractivity contribution in [2.75, 3.05) is 5.32 Å². The van der Waals surface area contributed by atoms with E-state index < -0.39 is 0 Å². The van der Waals surface area contributed by atoms with E-state index in [1.54, 1.807) is 0 Å². The van der Waals surface area contributed by atoms with Crippen molar-refractivity contribution in [1.82, 2.24) is 9.97 Å². The van der Waals surface area contributed by atoms with E-state index in [2.05, 4.69) is 59.5 Å². The number of hydrogen-bond donors (Lipinski definition) is 2. The van der Waals surface area contributed by atoms with E-state index in [9.17, 15) is 0 Å². The Morgan fingerprint density at radius 1 is 1.19 bits per heavy atom. The fourth-order valence-corrected chi connectivity index (χ4v) is 3.37. The Morgan fingerprint density at radius 3 is 2.95 bits per heavy atom. The molecule has 0 radical (unpaired) electrons. The molecule has 2 N–H and O–H groups in total. The highest BCUT2D eigenvalue weighted by Crippen LogP contribution is 2.35. The molecule has 1 atom stereocenters. The standard InChI is InChI=1S/C18H19N3/c1-11-12(2)20-17-14(11)9-10-19-18(17)21-16-8-7-13-5-3-4-6-15(13)16/h3-6,9-10,16,20H,7-8H2,1-2H3,(H,19,21)/t16-/m1/s1. The molecule has 0 amide bonds. The van der Waals surface area contributed by atoms with Crippen LogP contribution in [0.5, 0.6) is 0 Å². The number of hydrogen-bond acceptors (Lipinski definition) is 2. The fourth-order valence-electron chi connectivity index (χ4n) is 3.37. The summed E-state index contributed by atoms with van der Waals surface area (Å²) in [4.78, 5) is 8.02. The second-order valence-corrected chi connectivity index (χ2v) is 5.89. The number of aromatic nitrogens is 2. The first-order valence-corrected chi connectivity index (χ1v) is 7.52. The van der Waals surface area contributed by atoms with Gasteiger partial charge in [-0.2, -0.15) is 0 Å². The Hall–Kier alpha value is -2.29. The van der Waals surface area contributed by atoms with Gasteiger partial charge in [0.25, 0.3) is 0 Å². The maximum atomic E-state index is 4.56. The van der Waals surface area contributed by atoms with Crippen LogP contribution in [0, 0.1) is 13.8 Å². The topological polar surface area (TPSA) is 40.7 Å². The Morgan fingerprint density at radius 2 is 2.05 bits per heavy atom. The quantitative estimate of drug-likeness (QED) is 0.734. The predicted molar refractivity (Wildman–Crippen MR) is 86.7 cm³/mol. The molecule has 0 saturated carbocycles. The minimum atomic E-state index is 0.364. The molecule has 0 unspecified atom stereocenters. The third kappa shape index (κ3) is 1.92. The van der Waals surface area contributed by atoms with Gasteiger partial charge in [0.05, 0.1) is 11.6 Å². The van der Waals surface area contributed by atoms with E-state index in [1.807, 2.05) is 6.20 Å². The lowest BCUT2D eigenvalue weighted by Crippen LogP contribution is -2.08. The Kier molecular flexibility index (Phi) is 2.74. The zero-order valence-electron chi connectivity index (χ0n) is 12.4. The van der Waals surface area contributed by atoms with Crippen LogP contribution in [-0.2, 0) is 6.42 Å². The van der Waals surface area contributed by atoms with E-state index in [0.717, 1.165) is 24.2 Å². The summed E-state index contributed by atoms with van der Waals surface area (Å²) < 4.78 is 0. The molecule has 1 aliphatic carbocycles. The van der Waals surface area contributed by atoms with Crippen LogP contribution in [0.4, 0.5) is 5.82 Å². The number of nitrogens with zero attached hydrogens (tertiary/aromatic N) is 1. The average Bonchev–Trinajstić information content (AvgIpc) is 3.03. The zero-order chi connectivity index (χ0) is 14.4. The summed E-state index contributed by atoms with van der Waals surface area (Å²) in [6.07, 6.45) is 4.18. The highest BCUT2D eigenvalue weighted by Gasteiger charge is 2.23. The maximum Gasteiger partial charge on any atom is 0.150 e. The molecule has 3 nitrogen and oxygen atoms in total. The molecule has 21 heavy (non-hydrogen) atoms. The van der Waals surface area contributed by atoms with E-state index in [-0.39, 0.29) is 0 Å². The van der Waals surface area contributed by atoms with Crippen LogP contribution in [0.15, 0.2) is 36.5 Å². The first-order chi connectivity index (χ1) is 10.2. The van der Waals surface area contributed by atoms with Crippen LogP contribution >= 0.6 is 0 Å². The Labute approximate surface area is 124 Å². The second-order valence-electron chi connectivity index (χ2n) is 5.89. The summed E-state index contributed by atoms with van der Waals surface area (Å²) >= 11 is 0. The molecule has 3 aromatic rings. The summed E-state index contributed by atoms with van der Waals surface area (Å²) in [6.45, 7) is 4.27. The lowest BCUT2D eigenvalue weighted by molar-refractivity contribution is 0.758. The predicted octanol–water partition coefficient (Wildman–Crippen LogP) is 4.28. The molecule has 106 valence electrons. The van der Waals surface area contributed by atoms with Crippen LogP contribution in [0.25, 0.3) is 10.9 Å². The van der Waals surface area contributed by atoms with Crippen LogP contribution in [0.1, 0.15) is 34.8 Å². The van der Waals surface area contributed by atoms with Gasteiger partial charge in [0.15, 0.2) is 5.82 Å². The van der Waals surface area contributed by atoms with E-state index in [1.165, 1.54) is 27.8 Å². The van der Waals surface area contributed by atoms with Crippen molar-refractivity contribution in [2.45, 2.75) is 32.7 Å². The normalized spacial score (nSPS) is 17.1. The minimum absolute atomic E-state index is 0.364. The van der Waals surface area contributed by atoms with E-state index >= 15 is 0 Å². The lowest BCUT2D eigenvalue weighted by Gasteiger charge is -2.15. The largest absolute Gasteiger partial charge is 0.362 e. The molecule has 2 aromatic heterocycles. The van der Waals surface area contributed by atoms with Crippen LogP contribution in [0.3, 0.4) is 0 Å². The number of nitrogens with one attached hydrogen (secondary N) is 2. The van der Waals surface area contributed by atoms with Gasteiger partial charge in [0, 0.05) is 17.3 Å². The van der Waals surface area contributed by atoms with Gasteiger partial charge < -0.3 is 10.3 Å². The smallest absolute Gasteiger partial charge is 0.150 e. The number of rotatable bonds is 2.